The van der Waals surface area contributed by atoms with Crippen LogP contribution in [0.15, 0.2) is 29.6 Å². The third-order valence-corrected chi connectivity index (χ3v) is 5.25. The number of carbonyl (C=O) groups excluding carboxylic acids is 1. The molecule has 2 N–H and O–H groups in total. The van der Waals surface area contributed by atoms with Gasteiger partial charge in [-0.2, -0.15) is 0 Å². The lowest BCUT2D eigenvalue weighted by atomic mass is 9.86. The summed E-state index contributed by atoms with van der Waals surface area (Å²) in [7, 11) is 0. The molecule has 1 aromatic carbocycles. The topological polar surface area (TPSA) is 54.0 Å². The van der Waals surface area contributed by atoms with Crippen molar-refractivity contribution in [2.24, 2.45) is 5.92 Å². The standard InChI is InChI=1S/C19H25N3OS.ClH/c1-19(2,3)15-6-4-13(5-7-15)16-12-24-18(21-16)22-17(23)14-8-10-20-11-9-14;/h4-7,12,14,20H,8-11H2,1-3H3,(H,21,22,23);1H. The monoisotopic (exact) mass is 379 g/mol. The molecular formula is C19H26ClN3OS. The average Bonchev–Trinajstić information content (AvgIpc) is 3.03. The molecule has 1 aromatic heterocycles. The number of hydrogen-bond acceptors (Lipinski definition) is 4. The van der Waals surface area contributed by atoms with Crippen molar-refractivity contribution < 1.29 is 4.79 Å². The van der Waals surface area contributed by atoms with E-state index in [9.17, 15) is 4.79 Å². The highest BCUT2D eigenvalue weighted by molar-refractivity contribution is 7.14. The quantitative estimate of drug-likeness (QED) is 0.827. The van der Waals surface area contributed by atoms with Crippen LogP contribution in [0.4, 0.5) is 5.13 Å². The summed E-state index contributed by atoms with van der Waals surface area (Å²) in [6.07, 6.45) is 1.80. The Balaban J connectivity index is 0.00000225. The lowest BCUT2D eigenvalue weighted by Gasteiger charge is -2.21. The number of piperidine rings is 1. The summed E-state index contributed by atoms with van der Waals surface area (Å²) in [5, 5.41) is 8.95. The largest absolute Gasteiger partial charge is 0.317 e. The van der Waals surface area contributed by atoms with E-state index in [1.807, 2.05) is 5.38 Å². The number of carbonyl (C=O) groups is 1. The molecule has 0 saturated carbocycles. The van der Waals surface area contributed by atoms with Gasteiger partial charge in [-0.3, -0.25) is 4.79 Å². The summed E-state index contributed by atoms with van der Waals surface area (Å²) in [4.78, 5) is 16.9. The Hall–Kier alpha value is -1.43. The molecule has 1 amide bonds. The molecule has 3 rings (SSSR count). The fourth-order valence-corrected chi connectivity index (χ4v) is 3.62. The van der Waals surface area contributed by atoms with Crippen LogP contribution in [-0.4, -0.2) is 24.0 Å². The Morgan fingerprint density at radius 1 is 1.20 bits per heavy atom. The average molecular weight is 380 g/mol. The van der Waals surface area contributed by atoms with Crippen molar-refractivity contribution in [1.82, 2.24) is 10.3 Å². The maximum Gasteiger partial charge on any atom is 0.229 e. The van der Waals surface area contributed by atoms with E-state index in [-0.39, 0.29) is 29.6 Å². The highest BCUT2D eigenvalue weighted by Gasteiger charge is 2.21. The zero-order valence-electron chi connectivity index (χ0n) is 15.0. The van der Waals surface area contributed by atoms with Gasteiger partial charge in [-0.25, -0.2) is 4.98 Å². The van der Waals surface area contributed by atoms with Gasteiger partial charge in [0, 0.05) is 16.9 Å². The van der Waals surface area contributed by atoms with Gasteiger partial charge in [0.05, 0.1) is 5.69 Å². The molecule has 4 nitrogen and oxygen atoms in total. The number of hydrogen-bond donors (Lipinski definition) is 2. The maximum atomic E-state index is 12.3. The number of benzene rings is 1. The minimum absolute atomic E-state index is 0. The minimum atomic E-state index is 0. The number of nitrogens with one attached hydrogen (secondary N) is 2. The first-order valence-corrected chi connectivity index (χ1v) is 9.39. The molecule has 0 unspecified atom stereocenters. The molecule has 1 fully saturated rings. The van der Waals surface area contributed by atoms with Crippen LogP contribution in [0, 0.1) is 5.92 Å². The van der Waals surface area contributed by atoms with E-state index in [0.29, 0.717) is 5.13 Å². The number of anilines is 1. The third kappa shape index (κ3) is 5.03. The normalized spacial score (nSPS) is 15.5. The Morgan fingerprint density at radius 3 is 2.44 bits per heavy atom. The highest BCUT2D eigenvalue weighted by atomic mass is 35.5. The number of nitrogens with zero attached hydrogens (tertiary/aromatic N) is 1. The first-order chi connectivity index (χ1) is 11.4. The predicted octanol–water partition coefficient (Wildman–Crippen LogP) is 4.47. The molecule has 1 aliphatic heterocycles. The third-order valence-electron chi connectivity index (χ3n) is 4.49. The Labute approximate surface area is 159 Å². The molecule has 0 bridgehead atoms. The molecule has 136 valence electrons. The Morgan fingerprint density at radius 2 is 1.84 bits per heavy atom. The molecule has 25 heavy (non-hydrogen) atoms. The van der Waals surface area contributed by atoms with Crippen LogP contribution in [0.5, 0.6) is 0 Å². The SMILES string of the molecule is CC(C)(C)c1ccc(-c2csc(NC(=O)C3CCNCC3)n2)cc1.Cl. The summed E-state index contributed by atoms with van der Waals surface area (Å²) in [6, 6.07) is 8.52. The van der Waals surface area contributed by atoms with Gasteiger partial charge in [-0.05, 0) is 36.9 Å². The van der Waals surface area contributed by atoms with Crippen molar-refractivity contribution in [3.05, 3.63) is 35.2 Å². The second kappa shape index (κ2) is 8.30. The smallest absolute Gasteiger partial charge is 0.229 e. The van der Waals surface area contributed by atoms with Crippen molar-refractivity contribution >= 4 is 34.8 Å². The number of halogens is 1. The van der Waals surface area contributed by atoms with Crippen LogP contribution in [0.1, 0.15) is 39.2 Å². The van der Waals surface area contributed by atoms with Gasteiger partial charge in [-0.15, -0.1) is 23.7 Å². The van der Waals surface area contributed by atoms with Crippen LogP contribution < -0.4 is 10.6 Å². The molecule has 0 atom stereocenters. The van der Waals surface area contributed by atoms with E-state index >= 15 is 0 Å². The number of amides is 1. The van der Waals surface area contributed by atoms with Crippen molar-refractivity contribution in [2.45, 2.75) is 39.0 Å². The van der Waals surface area contributed by atoms with Crippen LogP contribution in [0.2, 0.25) is 0 Å². The van der Waals surface area contributed by atoms with E-state index in [1.54, 1.807) is 0 Å². The fraction of sp³-hybridized carbons (Fsp3) is 0.474. The number of rotatable bonds is 3. The van der Waals surface area contributed by atoms with Crippen LogP contribution >= 0.6 is 23.7 Å². The lowest BCUT2D eigenvalue weighted by molar-refractivity contribution is -0.120. The van der Waals surface area contributed by atoms with Crippen LogP contribution in [0.25, 0.3) is 11.3 Å². The predicted molar refractivity (Wildman–Crippen MR) is 108 cm³/mol. The molecule has 1 aliphatic rings. The van der Waals surface area contributed by atoms with Crippen molar-refractivity contribution in [1.29, 1.82) is 0 Å². The summed E-state index contributed by atoms with van der Waals surface area (Å²) >= 11 is 1.49. The van der Waals surface area contributed by atoms with E-state index in [0.717, 1.165) is 37.2 Å². The van der Waals surface area contributed by atoms with Gasteiger partial charge >= 0.3 is 0 Å². The van der Waals surface area contributed by atoms with Gasteiger partial charge in [-0.1, -0.05) is 45.0 Å². The molecule has 6 heteroatoms. The van der Waals surface area contributed by atoms with Gasteiger partial charge in [0.25, 0.3) is 0 Å². The summed E-state index contributed by atoms with van der Waals surface area (Å²) in [6.45, 7) is 8.46. The van der Waals surface area contributed by atoms with Gasteiger partial charge in [0.2, 0.25) is 5.91 Å². The van der Waals surface area contributed by atoms with E-state index in [4.69, 9.17) is 0 Å². The van der Waals surface area contributed by atoms with Crippen molar-refractivity contribution in [3.63, 3.8) is 0 Å². The van der Waals surface area contributed by atoms with E-state index in [1.165, 1.54) is 16.9 Å². The number of aromatic nitrogens is 1. The second-order valence-corrected chi connectivity index (χ2v) is 8.24. The zero-order valence-corrected chi connectivity index (χ0v) is 16.6. The Bertz CT molecular complexity index is 700. The number of thiazole rings is 1. The Kier molecular flexibility index (Phi) is 6.60. The van der Waals surface area contributed by atoms with Crippen molar-refractivity contribution in [3.8, 4) is 11.3 Å². The zero-order chi connectivity index (χ0) is 17.2. The molecule has 0 aliphatic carbocycles. The summed E-state index contributed by atoms with van der Waals surface area (Å²) in [5.41, 5.74) is 3.46. The van der Waals surface area contributed by atoms with E-state index in [2.05, 4.69) is 60.7 Å². The van der Waals surface area contributed by atoms with Crippen LogP contribution in [-0.2, 0) is 10.2 Å². The van der Waals surface area contributed by atoms with Gasteiger partial charge < -0.3 is 10.6 Å². The molecule has 2 heterocycles. The first kappa shape index (κ1) is 19.9. The van der Waals surface area contributed by atoms with Gasteiger partial charge in [0.15, 0.2) is 5.13 Å². The van der Waals surface area contributed by atoms with E-state index < -0.39 is 0 Å². The first-order valence-electron chi connectivity index (χ1n) is 8.51. The van der Waals surface area contributed by atoms with Crippen molar-refractivity contribution in [2.75, 3.05) is 18.4 Å². The summed E-state index contributed by atoms with van der Waals surface area (Å²) < 4.78 is 0. The molecule has 2 aromatic rings. The second-order valence-electron chi connectivity index (χ2n) is 7.38. The van der Waals surface area contributed by atoms with Crippen LogP contribution in [0.3, 0.4) is 0 Å². The minimum Gasteiger partial charge on any atom is -0.317 e. The lowest BCUT2D eigenvalue weighted by Crippen LogP contribution is -2.34. The molecular weight excluding hydrogens is 354 g/mol. The molecule has 0 spiro atoms. The fourth-order valence-electron chi connectivity index (χ4n) is 2.90. The summed E-state index contributed by atoms with van der Waals surface area (Å²) in [5.74, 6) is 0.199. The molecule has 0 radical (unpaired) electrons. The highest BCUT2D eigenvalue weighted by Crippen LogP contribution is 2.28. The van der Waals surface area contributed by atoms with Gasteiger partial charge in [0.1, 0.15) is 0 Å². The molecule has 1 saturated heterocycles. The maximum absolute atomic E-state index is 12.3.